The van der Waals surface area contributed by atoms with Gasteiger partial charge in [-0.15, -0.1) is 0 Å². The Morgan fingerprint density at radius 3 is 2.34 bits per heavy atom. The first-order chi connectivity index (χ1) is 14.1. The maximum atomic E-state index is 13.4. The monoisotopic (exact) mass is 445 g/mol. The lowest BCUT2D eigenvalue weighted by atomic mass is 9.92. The quantitative estimate of drug-likeness (QED) is 0.343. The third-order valence-electron chi connectivity index (χ3n) is 5.16. The smallest absolute Gasteiger partial charge is 0.260 e. The van der Waals surface area contributed by atoms with Crippen LogP contribution < -0.4 is 5.56 Å². The summed E-state index contributed by atoms with van der Waals surface area (Å²) in [5, 5.41) is 0.811. The Labute approximate surface area is 175 Å². The third-order valence-corrected chi connectivity index (χ3v) is 5.66. The van der Waals surface area contributed by atoms with Crippen LogP contribution in [0, 0.1) is 0 Å². The fraction of sp³-hybridized carbons (Fsp3) is 0.0833. The van der Waals surface area contributed by atoms with Crippen LogP contribution in [0.25, 0.3) is 22.0 Å². The number of nitrogens with one attached hydrogen (secondary N) is 1. The van der Waals surface area contributed by atoms with Crippen LogP contribution in [0.15, 0.2) is 88.1 Å². The van der Waals surface area contributed by atoms with Gasteiger partial charge in [-0.2, -0.15) is 0 Å². The van der Waals surface area contributed by atoms with Gasteiger partial charge in [-0.05, 0) is 29.3 Å². The molecule has 5 heteroatoms. The van der Waals surface area contributed by atoms with E-state index in [0.717, 1.165) is 21.0 Å². The van der Waals surface area contributed by atoms with Crippen LogP contribution in [0.2, 0.25) is 0 Å². The van der Waals surface area contributed by atoms with E-state index < -0.39 is 11.7 Å². The van der Waals surface area contributed by atoms with Gasteiger partial charge in [0.15, 0.2) is 6.10 Å². The van der Waals surface area contributed by atoms with Crippen molar-refractivity contribution in [2.24, 2.45) is 0 Å². The second-order valence-corrected chi connectivity index (χ2v) is 7.93. The molecule has 142 valence electrons. The molecular weight excluding hydrogens is 430 g/mol. The van der Waals surface area contributed by atoms with Gasteiger partial charge in [0, 0.05) is 20.9 Å². The molecule has 1 aromatic heterocycles. The van der Waals surface area contributed by atoms with Crippen molar-refractivity contribution in [1.29, 1.82) is 0 Å². The van der Waals surface area contributed by atoms with Gasteiger partial charge in [0.1, 0.15) is 6.10 Å². The van der Waals surface area contributed by atoms with E-state index in [2.05, 4.69) is 20.9 Å². The number of fused-ring (bicyclic) bond motifs is 1. The number of carbonyl (C=O) groups is 1. The van der Waals surface area contributed by atoms with Crippen molar-refractivity contribution in [2.75, 3.05) is 0 Å². The molecule has 2 atom stereocenters. The molecule has 0 saturated carbocycles. The standard InChI is InChI=1S/C24H16BrNO3/c25-16-11-12-18-17(13-16)19(14-7-3-1-4-8-14)20(24(28)26-18)21(27)23-22(29-23)15-9-5-2-6-10-15/h1-13,22-23H,(H,26,28)/t22-,23-/m0/s1. The lowest BCUT2D eigenvalue weighted by Crippen LogP contribution is -2.23. The number of carbonyl (C=O) groups excluding carboxylic acids is 1. The highest BCUT2D eigenvalue weighted by atomic mass is 79.9. The molecule has 0 radical (unpaired) electrons. The van der Waals surface area contributed by atoms with Gasteiger partial charge >= 0.3 is 0 Å². The summed E-state index contributed by atoms with van der Waals surface area (Å²) < 4.78 is 6.56. The molecule has 0 bridgehead atoms. The highest BCUT2D eigenvalue weighted by molar-refractivity contribution is 9.10. The van der Waals surface area contributed by atoms with E-state index in [1.165, 1.54) is 0 Å². The number of rotatable bonds is 4. The van der Waals surface area contributed by atoms with E-state index in [4.69, 9.17) is 4.74 Å². The number of ether oxygens (including phenoxy) is 1. The summed E-state index contributed by atoms with van der Waals surface area (Å²) in [6.07, 6.45) is -0.963. The second-order valence-electron chi connectivity index (χ2n) is 7.01. The van der Waals surface area contributed by atoms with Crippen molar-refractivity contribution in [1.82, 2.24) is 4.98 Å². The Balaban J connectivity index is 1.69. The van der Waals surface area contributed by atoms with E-state index in [1.54, 1.807) is 0 Å². The number of aromatic amines is 1. The number of epoxide rings is 1. The molecule has 1 aliphatic rings. The van der Waals surface area contributed by atoms with Gasteiger partial charge in [0.25, 0.3) is 5.56 Å². The van der Waals surface area contributed by atoms with Crippen LogP contribution in [0.3, 0.4) is 0 Å². The molecule has 2 heterocycles. The lowest BCUT2D eigenvalue weighted by molar-refractivity contribution is 0.0953. The summed E-state index contributed by atoms with van der Waals surface area (Å²) in [6, 6.07) is 24.7. The molecule has 5 rings (SSSR count). The van der Waals surface area contributed by atoms with Crippen molar-refractivity contribution in [3.8, 4) is 11.1 Å². The number of pyridine rings is 1. The van der Waals surface area contributed by atoms with Crippen molar-refractivity contribution < 1.29 is 9.53 Å². The number of aromatic nitrogens is 1. The zero-order valence-corrected chi connectivity index (χ0v) is 16.8. The minimum atomic E-state index is -0.648. The van der Waals surface area contributed by atoms with Crippen molar-refractivity contribution in [2.45, 2.75) is 12.2 Å². The number of hydrogen-bond acceptors (Lipinski definition) is 3. The van der Waals surface area contributed by atoms with E-state index in [1.807, 2.05) is 78.9 Å². The number of benzene rings is 3. The van der Waals surface area contributed by atoms with Crippen molar-refractivity contribution >= 4 is 32.6 Å². The summed E-state index contributed by atoms with van der Waals surface area (Å²) in [4.78, 5) is 29.2. The van der Waals surface area contributed by atoms with Crippen LogP contribution in [0.4, 0.5) is 0 Å². The van der Waals surface area contributed by atoms with E-state index in [-0.39, 0.29) is 17.5 Å². The molecule has 4 nitrogen and oxygen atoms in total. The Hall–Kier alpha value is -3.02. The minimum absolute atomic E-state index is 0.144. The van der Waals surface area contributed by atoms with Gasteiger partial charge in [-0.1, -0.05) is 76.6 Å². The Kier molecular flexibility index (Phi) is 4.42. The molecule has 0 aliphatic carbocycles. The lowest BCUT2D eigenvalue weighted by Gasteiger charge is -2.12. The third kappa shape index (κ3) is 3.22. The highest BCUT2D eigenvalue weighted by Crippen LogP contribution is 2.42. The van der Waals surface area contributed by atoms with E-state index >= 15 is 0 Å². The second kappa shape index (κ2) is 7.10. The zero-order chi connectivity index (χ0) is 20.0. The Bertz CT molecular complexity index is 1280. The Morgan fingerprint density at radius 2 is 1.62 bits per heavy atom. The predicted octanol–water partition coefficient (Wildman–Crippen LogP) is 5.28. The number of hydrogen-bond donors (Lipinski definition) is 1. The molecule has 4 aromatic rings. The van der Waals surface area contributed by atoms with Crippen LogP contribution >= 0.6 is 15.9 Å². The predicted molar refractivity (Wildman–Crippen MR) is 116 cm³/mol. The summed E-state index contributed by atoms with van der Waals surface area (Å²) in [7, 11) is 0. The summed E-state index contributed by atoms with van der Waals surface area (Å²) in [5.41, 5.74) is 2.83. The average molecular weight is 446 g/mol. The number of H-pyrrole nitrogens is 1. The molecule has 1 N–H and O–H groups in total. The number of halogens is 1. The highest BCUT2D eigenvalue weighted by Gasteiger charge is 2.47. The van der Waals surface area contributed by atoms with Gasteiger partial charge in [-0.25, -0.2) is 0 Å². The first-order valence-electron chi connectivity index (χ1n) is 9.29. The zero-order valence-electron chi connectivity index (χ0n) is 15.3. The topological polar surface area (TPSA) is 62.5 Å². The fourth-order valence-electron chi connectivity index (χ4n) is 3.76. The van der Waals surface area contributed by atoms with Crippen molar-refractivity contribution in [3.05, 3.63) is 105 Å². The molecule has 1 fully saturated rings. The summed E-state index contributed by atoms with van der Waals surface area (Å²) >= 11 is 3.50. The van der Waals surface area contributed by atoms with E-state index in [0.29, 0.717) is 11.1 Å². The van der Waals surface area contributed by atoms with Crippen molar-refractivity contribution in [3.63, 3.8) is 0 Å². The average Bonchev–Trinajstić information content (AvgIpc) is 3.55. The normalized spacial score (nSPS) is 18.0. The van der Waals surface area contributed by atoms with Crippen LogP contribution in [-0.4, -0.2) is 16.9 Å². The first kappa shape index (κ1) is 18.0. The summed E-state index contributed by atoms with van der Waals surface area (Å²) in [6.45, 7) is 0. The molecule has 1 aliphatic heterocycles. The van der Waals surface area contributed by atoms with Gasteiger partial charge in [-0.3, -0.25) is 9.59 Å². The number of ketones is 1. The molecular formula is C24H16BrNO3. The molecule has 1 saturated heterocycles. The molecule has 3 aromatic carbocycles. The van der Waals surface area contributed by atoms with Crippen LogP contribution in [0.5, 0.6) is 0 Å². The SMILES string of the molecule is O=C(c1c(-c2ccccc2)c2cc(Br)ccc2[nH]c1=O)[C@@H]1O[C@H]1c1ccccc1. The summed E-state index contributed by atoms with van der Waals surface area (Å²) in [5.74, 6) is -0.291. The van der Waals surface area contributed by atoms with Gasteiger partial charge < -0.3 is 9.72 Å². The van der Waals surface area contributed by atoms with E-state index in [9.17, 15) is 9.59 Å². The maximum absolute atomic E-state index is 13.4. The van der Waals surface area contributed by atoms with Crippen LogP contribution in [0.1, 0.15) is 22.0 Å². The molecule has 0 unspecified atom stereocenters. The first-order valence-corrected chi connectivity index (χ1v) is 10.1. The van der Waals surface area contributed by atoms with Gasteiger partial charge in [0.05, 0.1) is 5.56 Å². The molecule has 0 amide bonds. The molecule has 29 heavy (non-hydrogen) atoms. The minimum Gasteiger partial charge on any atom is -0.356 e. The Morgan fingerprint density at radius 1 is 0.931 bits per heavy atom. The molecule has 0 spiro atoms. The van der Waals surface area contributed by atoms with Gasteiger partial charge in [0.2, 0.25) is 5.78 Å². The number of Topliss-reactive ketones (excluding diaryl/α,β-unsaturated/α-hetero) is 1. The fourth-order valence-corrected chi connectivity index (χ4v) is 4.12. The maximum Gasteiger partial charge on any atom is 0.260 e. The largest absolute Gasteiger partial charge is 0.356 e. The van der Waals surface area contributed by atoms with Crippen LogP contribution in [-0.2, 0) is 4.74 Å².